The van der Waals surface area contributed by atoms with Crippen LogP contribution < -0.4 is 5.32 Å². The van der Waals surface area contributed by atoms with E-state index in [1.54, 1.807) is 12.1 Å². The molecule has 0 aromatic heterocycles. The number of benzene rings is 2. The third-order valence-electron chi connectivity index (χ3n) is 3.42. The molecule has 0 aliphatic carbocycles. The van der Waals surface area contributed by atoms with Crippen LogP contribution in [0.1, 0.15) is 27.6 Å². The van der Waals surface area contributed by atoms with Crippen LogP contribution in [0.15, 0.2) is 42.5 Å². The van der Waals surface area contributed by atoms with Crippen LogP contribution in [-0.4, -0.2) is 36.6 Å². The second kappa shape index (κ2) is 9.65. The van der Waals surface area contributed by atoms with Crippen LogP contribution in [0.2, 0.25) is 5.02 Å². The molecule has 2 aromatic rings. The maximum absolute atomic E-state index is 12.4. The lowest BCUT2D eigenvalue weighted by Gasteiger charge is -2.09. The molecule has 0 spiro atoms. The Labute approximate surface area is 160 Å². The third kappa shape index (κ3) is 5.77. The minimum atomic E-state index is -0.694. The van der Waals surface area contributed by atoms with E-state index in [9.17, 15) is 19.7 Å². The molecule has 8 nitrogen and oxygen atoms in total. The van der Waals surface area contributed by atoms with Crippen molar-refractivity contribution >= 4 is 34.9 Å². The maximum Gasteiger partial charge on any atom is 0.338 e. The number of esters is 1. The van der Waals surface area contributed by atoms with Crippen molar-refractivity contribution in [2.45, 2.75) is 6.92 Å². The first-order valence-corrected chi connectivity index (χ1v) is 8.40. The summed E-state index contributed by atoms with van der Waals surface area (Å²) in [5, 5.41) is 13.8. The molecule has 0 saturated heterocycles. The predicted octanol–water partition coefficient (Wildman–Crippen LogP) is 3.69. The topological polar surface area (TPSA) is 108 Å². The van der Waals surface area contributed by atoms with Crippen molar-refractivity contribution in [2.24, 2.45) is 0 Å². The highest BCUT2D eigenvalue weighted by molar-refractivity contribution is 6.31. The maximum atomic E-state index is 12.4. The quantitative estimate of drug-likeness (QED) is 0.317. The summed E-state index contributed by atoms with van der Waals surface area (Å²) in [6.45, 7) is 2.76. The summed E-state index contributed by atoms with van der Waals surface area (Å²) in [4.78, 5) is 34.8. The van der Waals surface area contributed by atoms with Crippen molar-refractivity contribution in [3.63, 3.8) is 0 Å². The van der Waals surface area contributed by atoms with E-state index in [1.807, 2.05) is 6.92 Å². The highest BCUT2D eigenvalue weighted by Gasteiger charge is 2.21. The molecule has 9 heteroatoms. The zero-order chi connectivity index (χ0) is 19.8. The highest BCUT2D eigenvalue weighted by atomic mass is 35.5. The fraction of sp³-hybridized carbons (Fsp3) is 0.222. The summed E-state index contributed by atoms with van der Waals surface area (Å²) in [6, 6.07) is 9.81. The molecule has 0 aliphatic heterocycles. The number of carbonyl (C=O) groups is 2. The first-order valence-electron chi connectivity index (χ1n) is 8.02. The van der Waals surface area contributed by atoms with Crippen molar-refractivity contribution in [1.29, 1.82) is 0 Å². The van der Waals surface area contributed by atoms with E-state index in [0.29, 0.717) is 18.9 Å². The van der Waals surface area contributed by atoms with Gasteiger partial charge in [0.2, 0.25) is 0 Å². The molecular formula is C18H17ClN2O6. The van der Waals surface area contributed by atoms with E-state index < -0.39 is 22.5 Å². The van der Waals surface area contributed by atoms with E-state index in [0.717, 1.165) is 6.07 Å². The second-order valence-corrected chi connectivity index (χ2v) is 5.72. The Kier molecular flexibility index (Phi) is 7.27. The number of nitrogens with zero attached hydrogens (tertiary/aromatic N) is 1. The van der Waals surface area contributed by atoms with Gasteiger partial charge in [0.05, 0.1) is 17.1 Å². The van der Waals surface area contributed by atoms with Gasteiger partial charge >= 0.3 is 5.97 Å². The van der Waals surface area contributed by atoms with Crippen LogP contribution in [-0.2, 0) is 9.47 Å². The average Bonchev–Trinajstić information content (AvgIpc) is 2.65. The van der Waals surface area contributed by atoms with Crippen molar-refractivity contribution in [1.82, 2.24) is 0 Å². The number of nitro benzene ring substituents is 1. The minimum absolute atomic E-state index is 0.111. The van der Waals surface area contributed by atoms with E-state index in [2.05, 4.69) is 5.32 Å². The van der Waals surface area contributed by atoms with Gasteiger partial charge in [0, 0.05) is 23.4 Å². The standard InChI is InChI=1S/C18H17ClN2O6/c1-2-26-8-9-27-18(23)12-4-3-5-14(10-12)20-17(22)15-7-6-13(19)11-16(15)21(24)25/h3-7,10-11H,2,8-9H2,1H3,(H,20,22). The molecule has 0 bridgehead atoms. The molecule has 27 heavy (non-hydrogen) atoms. The lowest BCUT2D eigenvalue weighted by atomic mass is 10.1. The van der Waals surface area contributed by atoms with Gasteiger partial charge in [0.1, 0.15) is 12.2 Å². The third-order valence-corrected chi connectivity index (χ3v) is 3.66. The number of halogens is 1. The predicted molar refractivity (Wildman–Crippen MR) is 99.3 cm³/mol. The van der Waals surface area contributed by atoms with Crippen LogP contribution in [0.25, 0.3) is 0 Å². The number of nitro groups is 1. The van der Waals surface area contributed by atoms with Crippen molar-refractivity contribution in [2.75, 3.05) is 25.1 Å². The number of nitrogens with one attached hydrogen (secondary N) is 1. The molecule has 1 amide bonds. The Hall–Kier alpha value is -2.97. The van der Waals surface area contributed by atoms with E-state index in [4.69, 9.17) is 21.1 Å². The molecule has 0 aliphatic rings. The molecule has 0 unspecified atom stereocenters. The molecule has 0 radical (unpaired) electrons. The van der Waals surface area contributed by atoms with Gasteiger partial charge in [0.15, 0.2) is 0 Å². The molecule has 0 fully saturated rings. The van der Waals surface area contributed by atoms with Crippen LogP contribution in [0, 0.1) is 10.1 Å². The lowest BCUT2D eigenvalue weighted by Crippen LogP contribution is -2.15. The summed E-state index contributed by atoms with van der Waals surface area (Å²) in [5.41, 5.74) is -0.0287. The number of carbonyl (C=O) groups excluding carboxylic acids is 2. The molecule has 2 rings (SSSR count). The number of amides is 1. The molecule has 1 N–H and O–H groups in total. The Morgan fingerprint density at radius 1 is 1.19 bits per heavy atom. The van der Waals surface area contributed by atoms with E-state index >= 15 is 0 Å². The Morgan fingerprint density at radius 2 is 1.96 bits per heavy atom. The molecule has 0 atom stereocenters. The van der Waals surface area contributed by atoms with Gasteiger partial charge in [0.25, 0.3) is 11.6 Å². The number of hydrogen-bond acceptors (Lipinski definition) is 6. The highest BCUT2D eigenvalue weighted by Crippen LogP contribution is 2.24. The SMILES string of the molecule is CCOCCOC(=O)c1cccc(NC(=O)c2ccc(Cl)cc2[N+](=O)[O-])c1. The van der Waals surface area contributed by atoms with Crippen molar-refractivity contribution in [3.05, 3.63) is 68.7 Å². The molecule has 0 saturated carbocycles. The number of rotatable bonds is 8. The van der Waals surface area contributed by atoms with Crippen LogP contribution in [0.4, 0.5) is 11.4 Å². The molecular weight excluding hydrogens is 376 g/mol. The molecule has 142 valence electrons. The zero-order valence-electron chi connectivity index (χ0n) is 14.4. The van der Waals surface area contributed by atoms with Gasteiger partial charge in [-0.3, -0.25) is 14.9 Å². The summed E-state index contributed by atoms with van der Waals surface area (Å²) in [7, 11) is 0. The van der Waals surface area contributed by atoms with Gasteiger partial charge in [-0.15, -0.1) is 0 Å². The first-order chi connectivity index (χ1) is 12.9. The summed E-state index contributed by atoms with van der Waals surface area (Å²) >= 11 is 5.75. The number of ether oxygens (including phenoxy) is 2. The van der Waals surface area contributed by atoms with Crippen LogP contribution in [0.5, 0.6) is 0 Å². The monoisotopic (exact) mass is 392 g/mol. The summed E-state index contributed by atoms with van der Waals surface area (Å²) < 4.78 is 10.1. The fourth-order valence-corrected chi connectivity index (χ4v) is 2.36. The second-order valence-electron chi connectivity index (χ2n) is 5.29. The Bertz CT molecular complexity index is 855. The number of hydrogen-bond donors (Lipinski definition) is 1. The summed E-state index contributed by atoms with van der Waals surface area (Å²) in [6.07, 6.45) is 0. The van der Waals surface area contributed by atoms with Gasteiger partial charge in [-0.1, -0.05) is 17.7 Å². The Morgan fingerprint density at radius 3 is 2.67 bits per heavy atom. The lowest BCUT2D eigenvalue weighted by molar-refractivity contribution is -0.385. The van der Waals surface area contributed by atoms with E-state index in [-0.39, 0.29) is 22.8 Å². The van der Waals surface area contributed by atoms with Gasteiger partial charge in [-0.25, -0.2) is 4.79 Å². The largest absolute Gasteiger partial charge is 0.460 e. The van der Waals surface area contributed by atoms with Crippen molar-refractivity contribution < 1.29 is 24.0 Å². The Balaban J connectivity index is 2.11. The van der Waals surface area contributed by atoms with Crippen LogP contribution >= 0.6 is 11.6 Å². The molecule has 0 heterocycles. The average molecular weight is 393 g/mol. The smallest absolute Gasteiger partial charge is 0.338 e. The zero-order valence-corrected chi connectivity index (χ0v) is 15.2. The van der Waals surface area contributed by atoms with Crippen LogP contribution in [0.3, 0.4) is 0 Å². The summed E-state index contributed by atoms with van der Waals surface area (Å²) in [5.74, 6) is -1.26. The number of anilines is 1. The fourth-order valence-electron chi connectivity index (χ4n) is 2.19. The first kappa shape index (κ1) is 20.3. The van der Waals surface area contributed by atoms with Gasteiger partial charge in [-0.05, 0) is 37.3 Å². The molecule has 2 aromatic carbocycles. The van der Waals surface area contributed by atoms with Gasteiger partial charge in [-0.2, -0.15) is 0 Å². The van der Waals surface area contributed by atoms with Gasteiger partial charge < -0.3 is 14.8 Å². The van der Waals surface area contributed by atoms with Crippen molar-refractivity contribution in [3.8, 4) is 0 Å². The van der Waals surface area contributed by atoms with E-state index in [1.165, 1.54) is 24.3 Å². The minimum Gasteiger partial charge on any atom is -0.460 e. The normalized spacial score (nSPS) is 10.3.